The molecule has 1 aromatic carbocycles. The lowest BCUT2D eigenvalue weighted by atomic mass is 10.2. The van der Waals surface area contributed by atoms with Gasteiger partial charge < -0.3 is 4.84 Å². The highest BCUT2D eigenvalue weighted by Gasteiger charge is 2.08. The van der Waals surface area contributed by atoms with Crippen LogP contribution in [-0.4, -0.2) is 24.6 Å². The topological polar surface area (TPSA) is 29.5 Å². The maximum atomic E-state index is 11.5. The van der Waals surface area contributed by atoms with Crippen LogP contribution >= 0.6 is 0 Å². The molecule has 0 spiro atoms. The summed E-state index contributed by atoms with van der Waals surface area (Å²) >= 11 is 0. The summed E-state index contributed by atoms with van der Waals surface area (Å²) < 4.78 is 0. The quantitative estimate of drug-likeness (QED) is 0.686. The average Bonchev–Trinajstić information content (AvgIpc) is 2.19. The second kappa shape index (κ2) is 5.40. The number of hydrogen-bond donors (Lipinski definition) is 0. The van der Waals surface area contributed by atoms with E-state index in [1.165, 1.54) is 0 Å². The minimum absolute atomic E-state index is 0.304. The van der Waals surface area contributed by atoms with E-state index in [0.717, 1.165) is 13.0 Å². The fraction of sp³-hybridized carbons (Fsp3) is 0.364. The monoisotopic (exact) mass is 193 g/mol. The van der Waals surface area contributed by atoms with Crippen molar-refractivity contribution in [3.8, 4) is 0 Å². The third-order valence-corrected chi connectivity index (χ3v) is 1.79. The molecule has 76 valence electrons. The third kappa shape index (κ3) is 3.18. The molecule has 0 unspecified atom stereocenters. The van der Waals surface area contributed by atoms with Gasteiger partial charge in [0.05, 0.1) is 5.56 Å². The Balaban J connectivity index is 2.51. The second-order valence-electron chi connectivity index (χ2n) is 3.10. The van der Waals surface area contributed by atoms with Crippen molar-refractivity contribution in [3.05, 3.63) is 35.9 Å². The molecule has 1 aromatic rings. The fourth-order valence-electron chi connectivity index (χ4n) is 1.13. The van der Waals surface area contributed by atoms with Crippen LogP contribution in [0.1, 0.15) is 23.7 Å². The van der Waals surface area contributed by atoms with Crippen LogP contribution in [0.2, 0.25) is 0 Å². The van der Waals surface area contributed by atoms with Gasteiger partial charge >= 0.3 is 5.97 Å². The Kier molecular flexibility index (Phi) is 4.13. The van der Waals surface area contributed by atoms with Crippen LogP contribution in [0, 0.1) is 0 Å². The summed E-state index contributed by atoms with van der Waals surface area (Å²) in [5.74, 6) is -0.304. The van der Waals surface area contributed by atoms with Gasteiger partial charge in [-0.2, -0.15) is 0 Å². The Morgan fingerprint density at radius 3 is 2.57 bits per heavy atom. The van der Waals surface area contributed by atoms with E-state index in [4.69, 9.17) is 4.84 Å². The van der Waals surface area contributed by atoms with Crippen molar-refractivity contribution >= 4 is 5.97 Å². The minimum atomic E-state index is -0.304. The molecule has 1 rings (SSSR count). The van der Waals surface area contributed by atoms with E-state index in [0.29, 0.717) is 5.56 Å². The molecule has 14 heavy (non-hydrogen) atoms. The maximum absolute atomic E-state index is 11.5. The van der Waals surface area contributed by atoms with Gasteiger partial charge in [0.1, 0.15) is 0 Å². The molecule has 0 aliphatic carbocycles. The molecule has 3 heteroatoms. The lowest BCUT2D eigenvalue weighted by molar-refractivity contribution is -0.0899. The summed E-state index contributed by atoms with van der Waals surface area (Å²) in [7, 11) is 1.75. The highest BCUT2D eigenvalue weighted by atomic mass is 16.7. The maximum Gasteiger partial charge on any atom is 0.357 e. The lowest BCUT2D eigenvalue weighted by Crippen LogP contribution is -2.23. The molecule has 0 fully saturated rings. The van der Waals surface area contributed by atoms with Crippen molar-refractivity contribution in [1.82, 2.24) is 5.06 Å². The van der Waals surface area contributed by atoms with Crippen LogP contribution in [0.5, 0.6) is 0 Å². The smallest absolute Gasteiger partial charge is 0.357 e. The molecule has 0 amide bonds. The van der Waals surface area contributed by atoms with Gasteiger partial charge in [-0.25, -0.2) is 4.79 Å². The van der Waals surface area contributed by atoms with Crippen molar-refractivity contribution in [2.24, 2.45) is 0 Å². The van der Waals surface area contributed by atoms with Crippen molar-refractivity contribution in [2.45, 2.75) is 13.3 Å². The van der Waals surface area contributed by atoms with Crippen LogP contribution in [0.4, 0.5) is 0 Å². The van der Waals surface area contributed by atoms with Gasteiger partial charge in [-0.1, -0.05) is 25.1 Å². The zero-order chi connectivity index (χ0) is 10.4. The predicted molar refractivity (Wildman–Crippen MR) is 54.8 cm³/mol. The first-order chi connectivity index (χ1) is 6.74. The normalized spacial score (nSPS) is 10.2. The molecule has 3 nitrogen and oxygen atoms in total. The van der Waals surface area contributed by atoms with E-state index in [1.54, 1.807) is 24.2 Å². The van der Waals surface area contributed by atoms with Crippen LogP contribution < -0.4 is 0 Å². The molecule has 0 heterocycles. The third-order valence-electron chi connectivity index (χ3n) is 1.79. The first-order valence-electron chi connectivity index (χ1n) is 4.72. The van der Waals surface area contributed by atoms with Gasteiger partial charge in [0.25, 0.3) is 0 Å². The van der Waals surface area contributed by atoms with Crippen molar-refractivity contribution in [1.29, 1.82) is 0 Å². The standard InChI is InChI=1S/C11H15NO2/c1-3-9-12(2)14-11(13)10-7-5-4-6-8-10/h4-8H,3,9H2,1-2H3. The van der Waals surface area contributed by atoms with Crippen molar-refractivity contribution < 1.29 is 9.63 Å². The summed E-state index contributed by atoms with van der Waals surface area (Å²) in [6.07, 6.45) is 0.957. The molecular weight excluding hydrogens is 178 g/mol. The van der Waals surface area contributed by atoms with Crippen molar-refractivity contribution in [2.75, 3.05) is 13.6 Å². The van der Waals surface area contributed by atoms with Gasteiger partial charge in [-0.05, 0) is 18.6 Å². The minimum Gasteiger partial charge on any atom is -0.364 e. The number of rotatable bonds is 4. The van der Waals surface area contributed by atoms with E-state index < -0.39 is 0 Å². The zero-order valence-corrected chi connectivity index (χ0v) is 8.56. The molecule has 0 saturated heterocycles. The fourth-order valence-corrected chi connectivity index (χ4v) is 1.13. The lowest BCUT2D eigenvalue weighted by Gasteiger charge is -2.14. The Morgan fingerprint density at radius 1 is 1.36 bits per heavy atom. The highest BCUT2D eigenvalue weighted by Crippen LogP contribution is 2.02. The molecule has 0 bridgehead atoms. The first kappa shape index (κ1) is 10.7. The molecular formula is C11H15NO2. The Hall–Kier alpha value is -1.35. The molecule has 0 radical (unpaired) electrons. The van der Waals surface area contributed by atoms with E-state index in [2.05, 4.69) is 0 Å². The average molecular weight is 193 g/mol. The van der Waals surface area contributed by atoms with Gasteiger partial charge in [-0.15, -0.1) is 5.06 Å². The Bertz CT molecular complexity index is 285. The number of hydroxylamine groups is 2. The molecule has 0 aliphatic rings. The number of nitrogens with zero attached hydrogens (tertiary/aromatic N) is 1. The van der Waals surface area contributed by atoms with Gasteiger partial charge in [0.2, 0.25) is 0 Å². The Labute approximate surface area is 84.2 Å². The van der Waals surface area contributed by atoms with Crippen LogP contribution in [0.25, 0.3) is 0 Å². The molecule has 0 atom stereocenters. The second-order valence-corrected chi connectivity index (χ2v) is 3.10. The summed E-state index contributed by atoms with van der Waals surface area (Å²) in [6, 6.07) is 8.98. The highest BCUT2D eigenvalue weighted by molar-refractivity contribution is 5.89. The van der Waals surface area contributed by atoms with E-state index in [9.17, 15) is 4.79 Å². The van der Waals surface area contributed by atoms with E-state index in [1.807, 2.05) is 25.1 Å². The number of carbonyl (C=O) groups is 1. The number of carbonyl (C=O) groups excluding carboxylic acids is 1. The zero-order valence-electron chi connectivity index (χ0n) is 8.56. The molecule has 0 aromatic heterocycles. The summed E-state index contributed by atoms with van der Waals surface area (Å²) in [5, 5.41) is 1.55. The van der Waals surface area contributed by atoms with E-state index >= 15 is 0 Å². The Morgan fingerprint density at radius 2 is 2.00 bits per heavy atom. The summed E-state index contributed by atoms with van der Waals surface area (Å²) in [4.78, 5) is 16.5. The SMILES string of the molecule is CCCN(C)OC(=O)c1ccccc1. The predicted octanol–water partition coefficient (Wildman–Crippen LogP) is 2.10. The van der Waals surface area contributed by atoms with Crippen molar-refractivity contribution in [3.63, 3.8) is 0 Å². The molecule has 0 aliphatic heterocycles. The van der Waals surface area contributed by atoms with Crippen LogP contribution in [0.15, 0.2) is 30.3 Å². The van der Waals surface area contributed by atoms with Gasteiger partial charge in [0, 0.05) is 13.6 Å². The van der Waals surface area contributed by atoms with Crippen LogP contribution in [0.3, 0.4) is 0 Å². The summed E-state index contributed by atoms with van der Waals surface area (Å²) in [5.41, 5.74) is 0.579. The summed E-state index contributed by atoms with van der Waals surface area (Å²) in [6.45, 7) is 2.78. The number of benzene rings is 1. The first-order valence-corrected chi connectivity index (χ1v) is 4.72. The van der Waals surface area contributed by atoms with E-state index in [-0.39, 0.29) is 5.97 Å². The molecule has 0 saturated carbocycles. The van der Waals surface area contributed by atoms with Crippen LogP contribution in [-0.2, 0) is 4.84 Å². The van der Waals surface area contributed by atoms with Gasteiger partial charge in [-0.3, -0.25) is 0 Å². The molecule has 0 N–H and O–H groups in total. The largest absolute Gasteiger partial charge is 0.364 e. The van der Waals surface area contributed by atoms with Gasteiger partial charge in [0.15, 0.2) is 0 Å². The number of hydrogen-bond acceptors (Lipinski definition) is 3.